The van der Waals surface area contributed by atoms with Crippen LogP contribution in [0, 0.1) is 13.8 Å². The highest BCUT2D eigenvalue weighted by Gasteiger charge is 2.17. The molecule has 1 aromatic heterocycles. The second kappa shape index (κ2) is 8.31. The number of carbonyl (C=O) groups excluding carboxylic acids is 1. The second-order valence-electron chi connectivity index (χ2n) is 6.76. The lowest BCUT2D eigenvalue weighted by atomic mass is 9.98. The number of rotatable bonds is 6. The fourth-order valence-corrected chi connectivity index (χ4v) is 3.36. The molecule has 3 rings (SSSR count). The Labute approximate surface area is 170 Å². The van der Waals surface area contributed by atoms with Crippen molar-refractivity contribution in [2.24, 2.45) is 0 Å². The van der Waals surface area contributed by atoms with Crippen molar-refractivity contribution in [3.63, 3.8) is 0 Å². The van der Waals surface area contributed by atoms with Gasteiger partial charge >= 0.3 is 0 Å². The Hall–Kier alpha value is -3.41. The van der Waals surface area contributed by atoms with E-state index in [-0.39, 0.29) is 5.91 Å². The van der Waals surface area contributed by atoms with Crippen molar-refractivity contribution in [3.05, 3.63) is 53.3 Å². The number of anilines is 1. The molecule has 0 bridgehead atoms. The lowest BCUT2D eigenvalue weighted by Gasteiger charge is -2.13. The van der Waals surface area contributed by atoms with Gasteiger partial charge in [-0.2, -0.15) is 0 Å². The average molecular weight is 395 g/mol. The number of ether oxygens (including phenoxy) is 3. The molecule has 0 aliphatic rings. The van der Waals surface area contributed by atoms with E-state index in [1.165, 1.54) is 0 Å². The second-order valence-corrected chi connectivity index (χ2v) is 6.76. The summed E-state index contributed by atoms with van der Waals surface area (Å²) >= 11 is 0. The van der Waals surface area contributed by atoms with Crippen LogP contribution in [0.2, 0.25) is 0 Å². The van der Waals surface area contributed by atoms with E-state index < -0.39 is 0 Å². The van der Waals surface area contributed by atoms with Crippen LogP contribution in [-0.4, -0.2) is 27.2 Å². The van der Waals surface area contributed by atoms with Gasteiger partial charge < -0.3 is 23.9 Å². The number of allylic oxidation sites excluding steroid dienone is 1. The maximum absolute atomic E-state index is 12.6. The Balaban J connectivity index is 1.93. The van der Waals surface area contributed by atoms with Crippen LogP contribution in [0.15, 0.2) is 41.0 Å². The third-order valence-corrected chi connectivity index (χ3v) is 4.87. The lowest BCUT2D eigenvalue weighted by Crippen LogP contribution is -2.09. The molecular weight excluding hydrogens is 370 g/mol. The Morgan fingerprint density at radius 2 is 1.76 bits per heavy atom. The van der Waals surface area contributed by atoms with E-state index in [0.717, 1.165) is 33.2 Å². The predicted molar refractivity (Wildman–Crippen MR) is 114 cm³/mol. The summed E-state index contributed by atoms with van der Waals surface area (Å²) < 4.78 is 21.8. The summed E-state index contributed by atoms with van der Waals surface area (Å²) in [5.74, 6) is 1.59. The summed E-state index contributed by atoms with van der Waals surface area (Å²) in [6.45, 7) is 5.82. The topological polar surface area (TPSA) is 69.9 Å². The molecule has 6 heteroatoms. The first-order valence-corrected chi connectivity index (χ1v) is 9.16. The molecule has 0 saturated heterocycles. The molecule has 0 aliphatic carbocycles. The molecule has 0 radical (unpaired) electrons. The van der Waals surface area contributed by atoms with E-state index in [4.69, 9.17) is 18.6 Å². The maximum Gasteiger partial charge on any atom is 0.248 e. The first-order valence-electron chi connectivity index (χ1n) is 9.16. The minimum atomic E-state index is -0.251. The van der Waals surface area contributed by atoms with E-state index in [9.17, 15) is 4.79 Å². The summed E-state index contributed by atoms with van der Waals surface area (Å²) in [5, 5.41) is 3.86. The molecule has 0 spiro atoms. The van der Waals surface area contributed by atoms with Gasteiger partial charge in [0.05, 0.1) is 27.6 Å². The van der Waals surface area contributed by atoms with Gasteiger partial charge in [0, 0.05) is 34.3 Å². The normalized spacial score (nSPS) is 11.4. The first kappa shape index (κ1) is 20.3. The van der Waals surface area contributed by atoms with E-state index in [2.05, 4.69) is 5.32 Å². The lowest BCUT2D eigenvalue weighted by molar-refractivity contribution is -0.111. The summed E-state index contributed by atoms with van der Waals surface area (Å²) in [5.41, 5.74) is 4.98. The predicted octanol–water partition coefficient (Wildman–Crippen LogP) is 5.12. The highest BCUT2D eigenvalue weighted by atomic mass is 16.5. The maximum atomic E-state index is 12.6. The SMILES string of the molecule is COc1ccc(NC(=O)/C=C(\C)c2cc3c(C)coc3c(C)c2OC)cc1OC. The van der Waals surface area contributed by atoms with Crippen molar-refractivity contribution in [3.8, 4) is 17.2 Å². The van der Waals surface area contributed by atoms with Gasteiger partial charge in [0.1, 0.15) is 11.3 Å². The van der Waals surface area contributed by atoms with Gasteiger partial charge in [0.15, 0.2) is 11.5 Å². The zero-order valence-electron chi connectivity index (χ0n) is 17.5. The van der Waals surface area contributed by atoms with Crippen molar-refractivity contribution in [2.45, 2.75) is 20.8 Å². The first-order chi connectivity index (χ1) is 13.9. The number of methoxy groups -OCH3 is 3. The zero-order chi connectivity index (χ0) is 21.1. The summed E-state index contributed by atoms with van der Waals surface area (Å²) in [7, 11) is 4.73. The summed E-state index contributed by atoms with van der Waals surface area (Å²) in [6, 6.07) is 7.21. The number of carbonyl (C=O) groups is 1. The zero-order valence-corrected chi connectivity index (χ0v) is 17.5. The van der Waals surface area contributed by atoms with Gasteiger partial charge in [-0.3, -0.25) is 4.79 Å². The fraction of sp³-hybridized carbons (Fsp3) is 0.261. The molecule has 152 valence electrons. The molecule has 2 aromatic carbocycles. The van der Waals surface area contributed by atoms with E-state index in [1.54, 1.807) is 51.9 Å². The van der Waals surface area contributed by atoms with Crippen LogP contribution in [0.5, 0.6) is 17.2 Å². The Kier molecular flexibility index (Phi) is 5.82. The van der Waals surface area contributed by atoms with E-state index >= 15 is 0 Å². The number of aryl methyl sites for hydroxylation is 2. The van der Waals surface area contributed by atoms with Crippen molar-refractivity contribution in [1.82, 2.24) is 0 Å². The third-order valence-electron chi connectivity index (χ3n) is 4.87. The third kappa shape index (κ3) is 3.92. The Morgan fingerprint density at radius 3 is 2.41 bits per heavy atom. The van der Waals surface area contributed by atoms with Crippen LogP contribution < -0.4 is 19.5 Å². The molecule has 0 atom stereocenters. The number of amides is 1. The van der Waals surface area contributed by atoms with Gasteiger partial charge in [0.2, 0.25) is 5.91 Å². The summed E-state index contributed by atoms with van der Waals surface area (Å²) in [4.78, 5) is 12.6. The highest BCUT2D eigenvalue weighted by molar-refractivity contribution is 6.05. The van der Waals surface area contributed by atoms with Gasteiger partial charge in [-0.25, -0.2) is 0 Å². The molecule has 0 aliphatic heterocycles. The molecule has 3 aromatic rings. The van der Waals surface area contributed by atoms with Crippen molar-refractivity contribution in [2.75, 3.05) is 26.6 Å². The van der Waals surface area contributed by atoms with Crippen LogP contribution >= 0.6 is 0 Å². The number of furan rings is 1. The molecule has 1 N–H and O–H groups in total. The minimum Gasteiger partial charge on any atom is -0.496 e. The van der Waals surface area contributed by atoms with Crippen molar-refractivity contribution < 1.29 is 23.4 Å². The van der Waals surface area contributed by atoms with E-state index in [1.807, 2.05) is 26.8 Å². The number of benzene rings is 2. The number of hydrogen-bond acceptors (Lipinski definition) is 5. The molecule has 1 heterocycles. The van der Waals surface area contributed by atoms with Crippen LogP contribution in [0.4, 0.5) is 5.69 Å². The van der Waals surface area contributed by atoms with Gasteiger partial charge in [-0.1, -0.05) is 0 Å². The fourth-order valence-electron chi connectivity index (χ4n) is 3.36. The Bertz CT molecular complexity index is 1090. The van der Waals surface area contributed by atoms with E-state index in [0.29, 0.717) is 22.9 Å². The summed E-state index contributed by atoms with van der Waals surface area (Å²) in [6.07, 6.45) is 3.28. The van der Waals surface area contributed by atoms with Crippen LogP contribution in [0.25, 0.3) is 16.5 Å². The van der Waals surface area contributed by atoms with Crippen molar-refractivity contribution in [1.29, 1.82) is 0 Å². The molecule has 1 amide bonds. The largest absolute Gasteiger partial charge is 0.496 e. The van der Waals surface area contributed by atoms with Crippen molar-refractivity contribution >= 4 is 28.1 Å². The number of hydrogen-bond donors (Lipinski definition) is 1. The van der Waals surface area contributed by atoms with Crippen LogP contribution in [-0.2, 0) is 4.79 Å². The Morgan fingerprint density at radius 1 is 1.03 bits per heavy atom. The molecule has 6 nitrogen and oxygen atoms in total. The monoisotopic (exact) mass is 395 g/mol. The molecule has 0 unspecified atom stereocenters. The van der Waals surface area contributed by atoms with Gasteiger partial charge in [0.25, 0.3) is 0 Å². The smallest absolute Gasteiger partial charge is 0.248 e. The van der Waals surface area contributed by atoms with Crippen LogP contribution in [0.1, 0.15) is 23.6 Å². The van der Waals surface area contributed by atoms with Gasteiger partial charge in [-0.05, 0) is 50.1 Å². The van der Waals surface area contributed by atoms with Gasteiger partial charge in [-0.15, -0.1) is 0 Å². The molecular formula is C23H25NO5. The molecule has 29 heavy (non-hydrogen) atoms. The number of fused-ring (bicyclic) bond motifs is 1. The molecule has 0 fully saturated rings. The minimum absolute atomic E-state index is 0.251. The highest BCUT2D eigenvalue weighted by Crippen LogP contribution is 2.37. The average Bonchev–Trinajstić information content (AvgIpc) is 3.08. The number of nitrogens with one attached hydrogen (secondary N) is 1. The van der Waals surface area contributed by atoms with Crippen LogP contribution in [0.3, 0.4) is 0 Å². The quantitative estimate of drug-likeness (QED) is 0.587. The molecule has 0 saturated carbocycles. The standard InChI is InChI=1S/C23H25NO5/c1-13(9-21(25)24-16-7-8-19(26-4)20(10-16)27-5)17-11-18-14(2)12-29-23(18)15(3)22(17)28-6/h7-12H,1-6H3,(H,24,25)/b13-9+.